The fraction of sp³-hybridized carbons (Fsp3) is 0.167. The fourth-order valence-electron chi connectivity index (χ4n) is 2.83. The average Bonchev–Trinajstić information content (AvgIpc) is 3.25. The molecule has 0 radical (unpaired) electrons. The van der Waals surface area contributed by atoms with E-state index in [9.17, 15) is 0 Å². The van der Waals surface area contributed by atoms with Crippen molar-refractivity contribution in [2.24, 2.45) is 0 Å². The first-order valence-electron chi connectivity index (χ1n) is 7.59. The Morgan fingerprint density at radius 2 is 2.08 bits per heavy atom. The van der Waals surface area contributed by atoms with E-state index in [1.165, 1.54) is 6.33 Å². The van der Waals surface area contributed by atoms with Crippen LogP contribution >= 0.6 is 0 Å². The van der Waals surface area contributed by atoms with E-state index in [0.717, 1.165) is 28.0 Å². The summed E-state index contributed by atoms with van der Waals surface area (Å²) < 4.78 is 12.8. The Bertz CT molecular complexity index is 990. The number of imidazole rings is 1. The number of aromatic nitrogens is 4. The molecule has 3 heterocycles. The molecule has 4 rings (SSSR count). The van der Waals surface area contributed by atoms with Gasteiger partial charge in [0.2, 0.25) is 0 Å². The number of benzene rings is 1. The molecular formula is C18H16N4O2. The second-order valence-electron chi connectivity index (χ2n) is 5.55. The summed E-state index contributed by atoms with van der Waals surface area (Å²) in [6.07, 6.45) is 4.95. The predicted octanol–water partition coefficient (Wildman–Crippen LogP) is 3.45. The number of ether oxygens (including phenoxy) is 1. The van der Waals surface area contributed by atoms with Gasteiger partial charge in [-0.3, -0.25) is 0 Å². The molecule has 3 aromatic heterocycles. The van der Waals surface area contributed by atoms with Crippen molar-refractivity contribution in [3.63, 3.8) is 0 Å². The summed E-state index contributed by atoms with van der Waals surface area (Å²) in [6, 6.07) is 9.84. The third kappa shape index (κ3) is 2.42. The molecular weight excluding hydrogens is 304 g/mol. The molecule has 6 heteroatoms. The standard InChI is InChI=1S/C18H16N4O2/c1-12-8-13(5-6-14(12)23-2)9-22-11-21-17-16(15-4-3-7-24-15)19-10-20-18(17)22/h3-8,10-11H,9H2,1-2H3. The fourth-order valence-corrected chi connectivity index (χ4v) is 2.83. The first-order chi connectivity index (χ1) is 11.8. The molecule has 24 heavy (non-hydrogen) atoms. The maximum absolute atomic E-state index is 5.44. The second kappa shape index (κ2) is 5.81. The van der Waals surface area contributed by atoms with Crippen LogP contribution in [0.3, 0.4) is 0 Å². The molecule has 0 spiro atoms. The molecule has 0 saturated heterocycles. The van der Waals surface area contributed by atoms with Gasteiger partial charge in [0.05, 0.1) is 26.2 Å². The quantitative estimate of drug-likeness (QED) is 0.576. The topological polar surface area (TPSA) is 66.0 Å². The molecule has 0 aliphatic carbocycles. The minimum atomic E-state index is 0.677. The first-order valence-corrected chi connectivity index (χ1v) is 7.59. The Kier molecular flexibility index (Phi) is 3.49. The molecule has 0 unspecified atom stereocenters. The molecule has 6 nitrogen and oxygen atoms in total. The minimum absolute atomic E-state index is 0.677. The molecule has 0 aliphatic heterocycles. The number of hydrogen-bond acceptors (Lipinski definition) is 5. The van der Waals surface area contributed by atoms with Crippen molar-refractivity contribution >= 4 is 11.2 Å². The van der Waals surface area contributed by atoms with Gasteiger partial charge in [-0.25, -0.2) is 15.0 Å². The third-order valence-electron chi connectivity index (χ3n) is 3.97. The lowest BCUT2D eigenvalue weighted by Crippen LogP contribution is -2.00. The van der Waals surface area contributed by atoms with Crippen LogP contribution in [0.15, 0.2) is 53.7 Å². The van der Waals surface area contributed by atoms with Crippen molar-refractivity contribution in [3.8, 4) is 17.2 Å². The lowest BCUT2D eigenvalue weighted by atomic mass is 10.1. The molecule has 0 saturated carbocycles. The van der Waals surface area contributed by atoms with Gasteiger partial charge in [-0.15, -0.1) is 0 Å². The van der Waals surface area contributed by atoms with E-state index in [4.69, 9.17) is 9.15 Å². The smallest absolute Gasteiger partial charge is 0.164 e. The number of fused-ring (bicyclic) bond motifs is 1. The highest BCUT2D eigenvalue weighted by Crippen LogP contribution is 2.25. The van der Waals surface area contributed by atoms with Gasteiger partial charge in [0.1, 0.15) is 23.3 Å². The molecule has 0 amide bonds. The van der Waals surface area contributed by atoms with Gasteiger partial charge in [-0.2, -0.15) is 0 Å². The van der Waals surface area contributed by atoms with Gasteiger partial charge < -0.3 is 13.7 Å². The van der Waals surface area contributed by atoms with Crippen molar-refractivity contribution in [1.82, 2.24) is 19.5 Å². The summed E-state index contributed by atoms with van der Waals surface area (Å²) in [7, 11) is 1.68. The zero-order valence-corrected chi connectivity index (χ0v) is 13.4. The summed E-state index contributed by atoms with van der Waals surface area (Å²) in [5.74, 6) is 1.57. The molecule has 0 bridgehead atoms. The van der Waals surface area contributed by atoms with Crippen LogP contribution in [0.25, 0.3) is 22.6 Å². The zero-order valence-electron chi connectivity index (χ0n) is 13.4. The Balaban J connectivity index is 1.73. The van der Waals surface area contributed by atoms with E-state index in [1.807, 2.05) is 35.8 Å². The monoisotopic (exact) mass is 320 g/mol. The Morgan fingerprint density at radius 3 is 2.83 bits per heavy atom. The van der Waals surface area contributed by atoms with E-state index in [0.29, 0.717) is 18.0 Å². The number of aryl methyl sites for hydroxylation is 1. The van der Waals surface area contributed by atoms with E-state index >= 15 is 0 Å². The van der Waals surface area contributed by atoms with Crippen LogP contribution in [0.1, 0.15) is 11.1 Å². The minimum Gasteiger partial charge on any atom is -0.496 e. The number of hydrogen-bond donors (Lipinski definition) is 0. The summed E-state index contributed by atoms with van der Waals surface area (Å²) in [4.78, 5) is 13.2. The SMILES string of the molecule is COc1ccc(Cn2cnc3c(-c4ccco4)ncnc32)cc1C. The number of furan rings is 1. The molecule has 0 fully saturated rings. The highest BCUT2D eigenvalue weighted by atomic mass is 16.5. The highest BCUT2D eigenvalue weighted by Gasteiger charge is 2.14. The molecule has 1 aromatic carbocycles. The van der Waals surface area contributed by atoms with Crippen molar-refractivity contribution < 1.29 is 9.15 Å². The number of rotatable bonds is 4. The normalized spacial score (nSPS) is 11.1. The maximum Gasteiger partial charge on any atom is 0.164 e. The average molecular weight is 320 g/mol. The first kappa shape index (κ1) is 14.4. The third-order valence-corrected chi connectivity index (χ3v) is 3.97. The van der Waals surface area contributed by atoms with Crippen LogP contribution in [-0.4, -0.2) is 26.6 Å². The van der Waals surface area contributed by atoms with Crippen molar-refractivity contribution in [3.05, 3.63) is 60.4 Å². The van der Waals surface area contributed by atoms with Crippen molar-refractivity contribution in [2.75, 3.05) is 7.11 Å². The van der Waals surface area contributed by atoms with Gasteiger partial charge >= 0.3 is 0 Å². The van der Waals surface area contributed by atoms with Gasteiger partial charge in [-0.05, 0) is 36.2 Å². The molecule has 0 aliphatic rings. The molecule has 4 aromatic rings. The molecule has 0 atom stereocenters. The Labute approximate surface area is 138 Å². The lowest BCUT2D eigenvalue weighted by molar-refractivity contribution is 0.411. The van der Waals surface area contributed by atoms with Crippen LogP contribution in [0, 0.1) is 6.92 Å². The van der Waals surface area contributed by atoms with Crippen LogP contribution in [-0.2, 0) is 6.54 Å². The number of methoxy groups -OCH3 is 1. The largest absolute Gasteiger partial charge is 0.496 e. The van der Waals surface area contributed by atoms with Crippen molar-refractivity contribution in [2.45, 2.75) is 13.5 Å². The predicted molar refractivity (Wildman–Crippen MR) is 89.9 cm³/mol. The lowest BCUT2D eigenvalue weighted by Gasteiger charge is -2.08. The molecule has 0 N–H and O–H groups in total. The Hall–Kier alpha value is -3.15. The second-order valence-corrected chi connectivity index (χ2v) is 5.55. The summed E-state index contributed by atoms with van der Waals surface area (Å²) in [5, 5.41) is 0. The maximum atomic E-state index is 5.44. The van der Waals surface area contributed by atoms with Crippen LogP contribution in [0.5, 0.6) is 5.75 Å². The summed E-state index contributed by atoms with van der Waals surface area (Å²) in [5.41, 5.74) is 4.48. The van der Waals surface area contributed by atoms with Gasteiger partial charge in [0, 0.05) is 0 Å². The van der Waals surface area contributed by atoms with Gasteiger partial charge in [-0.1, -0.05) is 12.1 Å². The van der Waals surface area contributed by atoms with Crippen LogP contribution < -0.4 is 4.74 Å². The van der Waals surface area contributed by atoms with E-state index in [1.54, 1.807) is 19.7 Å². The summed E-state index contributed by atoms with van der Waals surface area (Å²) in [6.45, 7) is 2.71. The highest BCUT2D eigenvalue weighted by molar-refractivity contribution is 5.85. The van der Waals surface area contributed by atoms with Crippen LogP contribution in [0.4, 0.5) is 0 Å². The van der Waals surface area contributed by atoms with E-state index < -0.39 is 0 Å². The van der Waals surface area contributed by atoms with Gasteiger partial charge in [0.25, 0.3) is 0 Å². The summed E-state index contributed by atoms with van der Waals surface area (Å²) >= 11 is 0. The zero-order chi connectivity index (χ0) is 16.5. The Morgan fingerprint density at radius 1 is 1.17 bits per heavy atom. The van der Waals surface area contributed by atoms with Crippen molar-refractivity contribution in [1.29, 1.82) is 0 Å². The number of nitrogens with zero attached hydrogens (tertiary/aromatic N) is 4. The van der Waals surface area contributed by atoms with Crippen LogP contribution in [0.2, 0.25) is 0 Å². The molecule has 120 valence electrons. The van der Waals surface area contributed by atoms with E-state index in [2.05, 4.69) is 21.0 Å². The van der Waals surface area contributed by atoms with E-state index in [-0.39, 0.29) is 0 Å². The van der Waals surface area contributed by atoms with Gasteiger partial charge in [0.15, 0.2) is 11.4 Å².